The van der Waals surface area contributed by atoms with Crippen LogP contribution in [0.3, 0.4) is 0 Å². The molecule has 0 fully saturated rings. The van der Waals surface area contributed by atoms with Gasteiger partial charge in [0.05, 0.1) is 5.02 Å². The first-order chi connectivity index (χ1) is 9.09. The fourth-order valence-electron chi connectivity index (χ4n) is 1.60. The predicted octanol–water partition coefficient (Wildman–Crippen LogP) is 2.47. The summed E-state index contributed by atoms with van der Waals surface area (Å²) in [6.45, 7) is 5.28. The molecule has 1 aromatic carbocycles. The highest BCUT2D eigenvalue weighted by atomic mass is 35.5. The minimum Gasteiger partial charge on any atom is -0.396 e. The minimum atomic E-state index is -3.81. The molecule has 20 heavy (non-hydrogen) atoms. The molecule has 0 bridgehead atoms. The largest absolute Gasteiger partial charge is 0.396 e. The normalized spacial score (nSPS) is 12.7. The van der Waals surface area contributed by atoms with Gasteiger partial charge in [-0.25, -0.2) is 17.5 Å². The second-order valence-corrected chi connectivity index (χ2v) is 7.64. The molecule has 0 saturated heterocycles. The van der Waals surface area contributed by atoms with E-state index < -0.39 is 15.8 Å². The molecule has 0 saturated carbocycles. The van der Waals surface area contributed by atoms with Gasteiger partial charge in [-0.05, 0) is 36.5 Å². The lowest BCUT2D eigenvalue weighted by molar-refractivity contribution is 0.213. The first-order valence-corrected chi connectivity index (χ1v) is 8.01. The number of nitrogens with one attached hydrogen (secondary N) is 1. The van der Waals surface area contributed by atoms with Crippen LogP contribution in [0.25, 0.3) is 0 Å². The van der Waals surface area contributed by atoms with Crippen molar-refractivity contribution in [3.05, 3.63) is 28.5 Å². The maximum Gasteiger partial charge on any atom is 0.242 e. The Bertz CT molecular complexity index is 588. The average Bonchev–Trinajstić information content (AvgIpc) is 2.31. The maximum atomic E-state index is 13.3. The van der Waals surface area contributed by atoms with Crippen LogP contribution < -0.4 is 4.72 Å². The monoisotopic (exact) mass is 323 g/mol. The van der Waals surface area contributed by atoms with E-state index in [0.717, 1.165) is 6.07 Å². The number of aryl methyl sites for hydroxylation is 1. The molecule has 1 aromatic rings. The van der Waals surface area contributed by atoms with Gasteiger partial charge in [0.15, 0.2) is 0 Å². The number of aliphatic hydroxyl groups is 1. The SMILES string of the molecule is Cc1cc(S(=O)(=O)NCC(C)(C)CCO)c(Cl)cc1F. The lowest BCUT2D eigenvalue weighted by Crippen LogP contribution is -2.34. The van der Waals surface area contributed by atoms with Gasteiger partial charge in [0.2, 0.25) is 10.0 Å². The first kappa shape index (κ1) is 17.4. The van der Waals surface area contributed by atoms with E-state index in [0.29, 0.717) is 6.42 Å². The second-order valence-electron chi connectivity index (χ2n) is 5.49. The standard InChI is InChI=1S/C13H19ClFNO3S/c1-9-6-12(10(14)7-11(9)15)20(18,19)16-8-13(2,3)4-5-17/h6-7,16-17H,4-5,8H2,1-3H3. The third kappa shape index (κ3) is 4.41. The highest BCUT2D eigenvalue weighted by Gasteiger charge is 2.24. The second kappa shape index (κ2) is 6.39. The predicted molar refractivity (Wildman–Crippen MR) is 76.8 cm³/mol. The molecule has 0 heterocycles. The molecular formula is C13H19ClFNO3S. The van der Waals surface area contributed by atoms with Crippen LogP contribution in [0.5, 0.6) is 0 Å². The summed E-state index contributed by atoms with van der Waals surface area (Å²) in [4.78, 5) is -0.141. The van der Waals surface area contributed by atoms with E-state index >= 15 is 0 Å². The van der Waals surface area contributed by atoms with Crippen molar-refractivity contribution in [1.82, 2.24) is 4.72 Å². The first-order valence-electron chi connectivity index (χ1n) is 6.15. The van der Waals surface area contributed by atoms with Crippen molar-refractivity contribution in [2.75, 3.05) is 13.2 Å². The lowest BCUT2D eigenvalue weighted by atomic mass is 9.90. The Balaban J connectivity index is 2.98. The van der Waals surface area contributed by atoms with Crippen molar-refractivity contribution in [2.45, 2.75) is 32.1 Å². The van der Waals surface area contributed by atoms with E-state index in [1.54, 1.807) is 0 Å². The zero-order valence-corrected chi connectivity index (χ0v) is 13.3. The number of benzene rings is 1. The van der Waals surface area contributed by atoms with Gasteiger partial charge in [0.1, 0.15) is 10.7 Å². The van der Waals surface area contributed by atoms with E-state index in [9.17, 15) is 12.8 Å². The van der Waals surface area contributed by atoms with E-state index in [1.807, 2.05) is 13.8 Å². The van der Waals surface area contributed by atoms with E-state index in [1.165, 1.54) is 13.0 Å². The quantitative estimate of drug-likeness (QED) is 0.845. The van der Waals surface area contributed by atoms with Gasteiger partial charge in [0.25, 0.3) is 0 Å². The van der Waals surface area contributed by atoms with Crippen molar-refractivity contribution in [3.63, 3.8) is 0 Å². The van der Waals surface area contributed by atoms with Crippen molar-refractivity contribution in [3.8, 4) is 0 Å². The molecule has 0 atom stereocenters. The molecule has 4 nitrogen and oxygen atoms in total. The van der Waals surface area contributed by atoms with Crippen LogP contribution in [-0.2, 0) is 10.0 Å². The van der Waals surface area contributed by atoms with Crippen LogP contribution in [0.2, 0.25) is 5.02 Å². The van der Waals surface area contributed by atoms with Crippen LogP contribution in [0.1, 0.15) is 25.8 Å². The van der Waals surface area contributed by atoms with Gasteiger partial charge in [0, 0.05) is 13.2 Å². The molecule has 0 aromatic heterocycles. The summed E-state index contributed by atoms with van der Waals surface area (Å²) >= 11 is 5.80. The van der Waals surface area contributed by atoms with Gasteiger partial charge < -0.3 is 5.11 Å². The Labute approximate surface area is 124 Å². The van der Waals surface area contributed by atoms with E-state index in [4.69, 9.17) is 16.7 Å². The summed E-state index contributed by atoms with van der Waals surface area (Å²) in [5.74, 6) is -0.547. The van der Waals surface area contributed by atoms with E-state index in [-0.39, 0.29) is 34.0 Å². The Hall–Kier alpha value is -0.690. The lowest BCUT2D eigenvalue weighted by Gasteiger charge is -2.24. The Morgan fingerprint density at radius 2 is 2.00 bits per heavy atom. The molecule has 7 heteroatoms. The highest BCUT2D eigenvalue weighted by Crippen LogP contribution is 2.26. The third-order valence-corrected chi connectivity index (χ3v) is 4.90. The number of aliphatic hydroxyl groups excluding tert-OH is 1. The van der Waals surface area contributed by atoms with Gasteiger partial charge in [-0.3, -0.25) is 0 Å². The van der Waals surface area contributed by atoms with Crippen molar-refractivity contribution in [1.29, 1.82) is 0 Å². The number of halogens is 2. The molecular weight excluding hydrogens is 305 g/mol. The molecule has 0 radical (unpaired) electrons. The molecule has 114 valence electrons. The molecule has 0 amide bonds. The average molecular weight is 324 g/mol. The Kier molecular flexibility index (Phi) is 5.54. The van der Waals surface area contributed by atoms with Gasteiger partial charge in [-0.2, -0.15) is 0 Å². The number of hydrogen-bond donors (Lipinski definition) is 2. The molecule has 0 spiro atoms. The summed E-state index contributed by atoms with van der Waals surface area (Å²) in [7, 11) is -3.81. The fourth-order valence-corrected chi connectivity index (χ4v) is 3.43. The number of rotatable bonds is 6. The summed E-state index contributed by atoms with van der Waals surface area (Å²) in [5.41, 5.74) is -0.173. The molecule has 2 N–H and O–H groups in total. The zero-order chi connectivity index (χ0) is 15.6. The fraction of sp³-hybridized carbons (Fsp3) is 0.538. The molecule has 0 aliphatic rings. The maximum absolute atomic E-state index is 13.3. The van der Waals surface area contributed by atoms with Crippen LogP contribution >= 0.6 is 11.6 Å². The summed E-state index contributed by atoms with van der Waals surface area (Å²) in [5, 5.41) is 8.77. The third-order valence-electron chi connectivity index (χ3n) is 3.03. The van der Waals surface area contributed by atoms with Crippen LogP contribution in [0, 0.1) is 18.2 Å². The van der Waals surface area contributed by atoms with E-state index in [2.05, 4.69) is 4.72 Å². The Morgan fingerprint density at radius 3 is 2.55 bits per heavy atom. The summed E-state index contributed by atoms with van der Waals surface area (Å²) < 4.78 is 40.1. The van der Waals surface area contributed by atoms with Crippen LogP contribution in [-0.4, -0.2) is 26.7 Å². The van der Waals surface area contributed by atoms with Crippen molar-refractivity contribution < 1.29 is 17.9 Å². The topological polar surface area (TPSA) is 66.4 Å². The zero-order valence-electron chi connectivity index (χ0n) is 11.7. The van der Waals surface area contributed by atoms with Crippen molar-refractivity contribution >= 4 is 21.6 Å². The number of sulfonamides is 1. The summed E-state index contributed by atoms with van der Waals surface area (Å²) in [6, 6.07) is 2.20. The summed E-state index contributed by atoms with van der Waals surface area (Å²) in [6.07, 6.45) is 0.464. The minimum absolute atomic E-state index is 0.0227. The van der Waals surface area contributed by atoms with Crippen LogP contribution in [0.15, 0.2) is 17.0 Å². The molecule has 0 aliphatic heterocycles. The highest BCUT2D eigenvalue weighted by molar-refractivity contribution is 7.89. The van der Waals surface area contributed by atoms with Crippen LogP contribution in [0.4, 0.5) is 4.39 Å². The number of hydrogen-bond acceptors (Lipinski definition) is 3. The Morgan fingerprint density at radius 1 is 1.40 bits per heavy atom. The smallest absolute Gasteiger partial charge is 0.242 e. The molecule has 0 unspecified atom stereocenters. The van der Waals surface area contributed by atoms with Crippen molar-refractivity contribution in [2.24, 2.45) is 5.41 Å². The molecule has 0 aliphatic carbocycles. The van der Waals surface area contributed by atoms with Gasteiger partial charge in [-0.15, -0.1) is 0 Å². The van der Waals surface area contributed by atoms with Gasteiger partial charge in [-0.1, -0.05) is 25.4 Å². The van der Waals surface area contributed by atoms with Gasteiger partial charge >= 0.3 is 0 Å². The molecule has 1 rings (SSSR count).